The molecule has 2 heterocycles. The highest BCUT2D eigenvalue weighted by molar-refractivity contribution is 7.92. The predicted molar refractivity (Wildman–Crippen MR) is 80.5 cm³/mol. The standard InChI is InChI=1S/C12H21N5O3S/c1-2-20-8-12-15-10(6-11(16-12)17-13)14-7-9-4-3-5-21(9,18)19/h6,9H,2-5,7-8,13H2,1H3,(H2,14,15,16,17). The van der Waals surface area contributed by atoms with Gasteiger partial charge in [-0.2, -0.15) is 0 Å². The van der Waals surface area contributed by atoms with E-state index in [0.717, 1.165) is 6.42 Å². The van der Waals surface area contributed by atoms with Gasteiger partial charge < -0.3 is 15.5 Å². The first kappa shape index (κ1) is 15.9. The average molecular weight is 315 g/mol. The summed E-state index contributed by atoms with van der Waals surface area (Å²) >= 11 is 0. The molecule has 0 radical (unpaired) electrons. The Morgan fingerprint density at radius 2 is 2.19 bits per heavy atom. The summed E-state index contributed by atoms with van der Waals surface area (Å²) in [5.41, 5.74) is 2.46. The number of rotatable bonds is 7. The van der Waals surface area contributed by atoms with Crippen LogP contribution >= 0.6 is 0 Å². The summed E-state index contributed by atoms with van der Waals surface area (Å²) in [5.74, 6) is 7.13. The molecule has 4 N–H and O–H groups in total. The highest BCUT2D eigenvalue weighted by Crippen LogP contribution is 2.20. The Morgan fingerprint density at radius 1 is 1.43 bits per heavy atom. The average Bonchev–Trinajstić information content (AvgIpc) is 2.81. The third-order valence-electron chi connectivity index (χ3n) is 3.33. The molecule has 1 aromatic rings. The van der Waals surface area contributed by atoms with Crippen molar-refractivity contribution in [2.75, 3.05) is 29.6 Å². The van der Waals surface area contributed by atoms with E-state index in [0.29, 0.717) is 37.0 Å². The smallest absolute Gasteiger partial charge is 0.158 e. The lowest BCUT2D eigenvalue weighted by Crippen LogP contribution is -2.25. The molecule has 0 saturated carbocycles. The van der Waals surface area contributed by atoms with Crippen LogP contribution in [0.5, 0.6) is 0 Å². The molecule has 21 heavy (non-hydrogen) atoms. The van der Waals surface area contributed by atoms with Crippen LogP contribution in [0.25, 0.3) is 0 Å². The van der Waals surface area contributed by atoms with Crippen LogP contribution in [0.3, 0.4) is 0 Å². The van der Waals surface area contributed by atoms with E-state index in [4.69, 9.17) is 10.6 Å². The monoisotopic (exact) mass is 315 g/mol. The van der Waals surface area contributed by atoms with Crippen LogP contribution < -0.4 is 16.6 Å². The number of ether oxygens (including phenoxy) is 1. The minimum Gasteiger partial charge on any atom is -0.374 e. The van der Waals surface area contributed by atoms with Crippen molar-refractivity contribution in [1.29, 1.82) is 0 Å². The molecule has 0 amide bonds. The highest BCUT2D eigenvalue weighted by Gasteiger charge is 2.30. The van der Waals surface area contributed by atoms with E-state index in [1.54, 1.807) is 6.07 Å². The molecule has 2 rings (SSSR count). The molecule has 1 aliphatic rings. The summed E-state index contributed by atoms with van der Waals surface area (Å²) < 4.78 is 28.8. The number of nitrogen functional groups attached to an aromatic ring is 1. The lowest BCUT2D eigenvalue weighted by atomic mass is 10.2. The van der Waals surface area contributed by atoms with Crippen LogP contribution in [-0.2, 0) is 21.2 Å². The van der Waals surface area contributed by atoms with Crippen LogP contribution in [0.2, 0.25) is 0 Å². The van der Waals surface area contributed by atoms with Crippen molar-refractivity contribution in [3.8, 4) is 0 Å². The number of hydrogen-bond donors (Lipinski definition) is 3. The quantitative estimate of drug-likeness (QED) is 0.485. The molecule has 1 fully saturated rings. The van der Waals surface area contributed by atoms with Gasteiger partial charge in [0.15, 0.2) is 15.7 Å². The number of aromatic nitrogens is 2. The minimum atomic E-state index is -2.97. The number of nitrogens with two attached hydrogens (primary N) is 1. The third kappa shape index (κ3) is 4.26. The number of nitrogens with zero attached hydrogens (tertiary/aromatic N) is 2. The second-order valence-corrected chi connectivity index (χ2v) is 7.25. The van der Waals surface area contributed by atoms with Crippen LogP contribution in [0, 0.1) is 0 Å². The Bertz CT molecular complexity index is 578. The first-order valence-corrected chi connectivity index (χ1v) is 8.64. The number of hydrogen-bond acceptors (Lipinski definition) is 8. The Hall–Kier alpha value is -1.45. The van der Waals surface area contributed by atoms with Crippen LogP contribution in [0.1, 0.15) is 25.6 Å². The summed E-state index contributed by atoms with van der Waals surface area (Å²) in [5, 5.41) is 2.70. The summed E-state index contributed by atoms with van der Waals surface area (Å²) in [7, 11) is -2.97. The lowest BCUT2D eigenvalue weighted by molar-refractivity contribution is 0.128. The van der Waals surface area contributed by atoms with Crippen LogP contribution in [0.4, 0.5) is 11.6 Å². The summed E-state index contributed by atoms with van der Waals surface area (Å²) in [6, 6.07) is 1.64. The Labute approximate surface area is 124 Å². The largest absolute Gasteiger partial charge is 0.374 e. The number of sulfone groups is 1. The van der Waals surface area contributed by atoms with Gasteiger partial charge in [-0.15, -0.1) is 0 Å². The van der Waals surface area contributed by atoms with Gasteiger partial charge in [-0.25, -0.2) is 24.2 Å². The van der Waals surface area contributed by atoms with E-state index in [1.807, 2.05) is 6.92 Å². The second kappa shape index (κ2) is 7.01. The van der Waals surface area contributed by atoms with E-state index in [-0.39, 0.29) is 17.6 Å². The SMILES string of the molecule is CCOCc1nc(NN)cc(NCC2CCCS2(=O)=O)n1. The van der Waals surface area contributed by atoms with Gasteiger partial charge in [-0.1, -0.05) is 0 Å². The van der Waals surface area contributed by atoms with E-state index in [2.05, 4.69) is 20.7 Å². The lowest BCUT2D eigenvalue weighted by Gasteiger charge is -2.13. The molecule has 1 saturated heterocycles. The van der Waals surface area contributed by atoms with Gasteiger partial charge in [0.2, 0.25) is 0 Å². The molecule has 1 aliphatic heterocycles. The van der Waals surface area contributed by atoms with E-state index in [9.17, 15) is 8.42 Å². The van der Waals surface area contributed by atoms with Gasteiger partial charge in [0, 0.05) is 19.2 Å². The summed E-state index contributed by atoms with van der Waals surface area (Å²) in [6.07, 6.45) is 1.41. The zero-order valence-electron chi connectivity index (χ0n) is 12.0. The molecule has 0 aromatic carbocycles. The molecule has 0 spiro atoms. The van der Waals surface area contributed by atoms with Crippen LogP contribution in [-0.4, -0.2) is 42.5 Å². The topological polar surface area (TPSA) is 119 Å². The first-order valence-electron chi connectivity index (χ1n) is 6.93. The van der Waals surface area contributed by atoms with Crippen molar-refractivity contribution in [2.24, 2.45) is 5.84 Å². The van der Waals surface area contributed by atoms with Crippen molar-refractivity contribution in [2.45, 2.75) is 31.6 Å². The minimum absolute atomic E-state index is 0.272. The normalized spacial score (nSPS) is 20.4. The molecular formula is C12H21N5O3S. The van der Waals surface area contributed by atoms with Gasteiger partial charge in [-0.3, -0.25) is 0 Å². The van der Waals surface area contributed by atoms with Gasteiger partial charge >= 0.3 is 0 Å². The maximum absolute atomic E-state index is 11.8. The van der Waals surface area contributed by atoms with Crippen molar-refractivity contribution in [3.05, 3.63) is 11.9 Å². The fourth-order valence-electron chi connectivity index (χ4n) is 2.23. The van der Waals surface area contributed by atoms with Crippen LogP contribution in [0.15, 0.2) is 6.07 Å². The van der Waals surface area contributed by atoms with Gasteiger partial charge in [0.05, 0.1) is 11.0 Å². The van der Waals surface area contributed by atoms with Gasteiger partial charge in [0.25, 0.3) is 0 Å². The summed E-state index contributed by atoms with van der Waals surface area (Å²) in [6.45, 7) is 3.07. The van der Waals surface area contributed by atoms with E-state index < -0.39 is 9.84 Å². The van der Waals surface area contributed by atoms with E-state index in [1.165, 1.54) is 0 Å². The number of hydrazine groups is 1. The van der Waals surface area contributed by atoms with Gasteiger partial charge in [0.1, 0.15) is 18.2 Å². The number of anilines is 2. The molecule has 118 valence electrons. The zero-order chi connectivity index (χ0) is 15.3. The molecule has 1 atom stereocenters. The molecule has 8 nitrogen and oxygen atoms in total. The molecule has 0 bridgehead atoms. The molecule has 1 aromatic heterocycles. The zero-order valence-corrected chi connectivity index (χ0v) is 12.8. The maximum Gasteiger partial charge on any atom is 0.158 e. The first-order chi connectivity index (χ1) is 10.0. The van der Waals surface area contributed by atoms with Crippen molar-refractivity contribution in [1.82, 2.24) is 9.97 Å². The summed E-state index contributed by atoms with van der Waals surface area (Å²) in [4.78, 5) is 8.46. The highest BCUT2D eigenvalue weighted by atomic mass is 32.2. The van der Waals surface area contributed by atoms with E-state index >= 15 is 0 Å². The van der Waals surface area contributed by atoms with Gasteiger partial charge in [-0.05, 0) is 19.8 Å². The Kier molecular flexibility index (Phi) is 5.32. The Balaban J connectivity index is 2.04. The predicted octanol–water partition coefficient (Wildman–Crippen LogP) is 0.288. The maximum atomic E-state index is 11.8. The fourth-order valence-corrected chi connectivity index (χ4v) is 3.99. The van der Waals surface area contributed by atoms with Crippen molar-refractivity contribution >= 4 is 21.5 Å². The Morgan fingerprint density at radius 3 is 2.81 bits per heavy atom. The molecule has 9 heteroatoms. The molecule has 0 aliphatic carbocycles. The fraction of sp³-hybridized carbons (Fsp3) is 0.667. The molecule has 1 unspecified atom stereocenters. The molecular weight excluding hydrogens is 294 g/mol. The number of nitrogens with one attached hydrogen (secondary N) is 2. The van der Waals surface area contributed by atoms with Crippen molar-refractivity contribution in [3.63, 3.8) is 0 Å². The third-order valence-corrected chi connectivity index (χ3v) is 5.61. The second-order valence-electron chi connectivity index (χ2n) is 4.85. The van der Waals surface area contributed by atoms with Crippen molar-refractivity contribution < 1.29 is 13.2 Å².